The van der Waals surface area contributed by atoms with E-state index in [1.165, 1.54) is 4.90 Å². The van der Waals surface area contributed by atoms with Crippen LogP contribution in [0.1, 0.15) is 38.7 Å². The molecule has 1 aromatic rings. The first kappa shape index (κ1) is 27.4. The number of hydrogen-bond acceptors (Lipinski definition) is 5. The number of amides is 5. The van der Waals surface area contributed by atoms with Gasteiger partial charge in [-0.1, -0.05) is 50.6 Å². The summed E-state index contributed by atoms with van der Waals surface area (Å²) >= 11 is 0. The number of carbonyl (C=O) groups is 4. The van der Waals surface area contributed by atoms with E-state index in [0.717, 1.165) is 5.56 Å². The number of carbonyl (C=O) groups excluding carboxylic acids is 4. The highest BCUT2D eigenvalue weighted by molar-refractivity contribution is 5.93. The van der Waals surface area contributed by atoms with Crippen LogP contribution in [0.5, 0.6) is 0 Å². The summed E-state index contributed by atoms with van der Waals surface area (Å²) in [5.41, 5.74) is 11.8. The molecule has 1 aromatic carbocycles. The van der Waals surface area contributed by atoms with E-state index in [2.05, 4.69) is 21.3 Å². The molecule has 1 aliphatic rings. The first-order chi connectivity index (χ1) is 16.6. The smallest absolute Gasteiger partial charge is 0.315 e. The Morgan fingerprint density at radius 3 is 2.37 bits per heavy atom. The fourth-order valence-corrected chi connectivity index (χ4v) is 4.09. The third-order valence-electron chi connectivity index (χ3n) is 5.75. The highest BCUT2D eigenvalue weighted by Crippen LogP contribution is 2.11. The average molecular weight is 489 g/mol. The summed E-state index contributed by atoms with van der Waals surface area (Å²) in [6, 6.07) is 5.45. The summed E-state index contributed by atoms with van der Waals surface area (Å²) < 4.78 is 0. The quantitative estimate of drug-likeness (QED) is 0.174. The molecule has 4 atom stereocenters. The van der Waals surface area contributed by atoms with Gasteiger partial charge in [-0.25, -0.2) is 4.79 Å². The van der Waals surface area contributed by atoms with Crippen LogP contribution in [0.15, 0.2) is 30.3 Å². The Hall–Kier alpha value is -3.83. The van der Waals surface area contributed by atoms with E-state index in [0.29, 0.717) is 19.3 Å². The van der Waals surface area contributed by atoms with Crippen molar-refractivity contribution in [1.82, 2.24) is 26.2 Å². The minimum absolute atomic E-state index is 0.0897. The summed E-state index contributed by atoms with van der Waals surface area (Å²) in [6.45, 7) is 3.21. The van der Waals surface area contributed by atoms with Gasteiger partial charge in [0.1, 0.15) is 12.1 Å². The molecule has 0 saturated carbocycles. The van der Waals surface area contributed by atoms with Crippen LogP contribution in [-0.2, 0) is 20.8 Å². The second-order valence-electron chi connectivity index (χ2n) is 8.57. The van der Waals surface area contributed by atoms with E-state index < -0.39 is 54.5 Å². The minimum atomic E-state index is -0.986. The van der Waals surface area contributed by atoms with Crippen LogP contribution in [0, 0.1) is 5.41 Å². The highest BCUT2D eigenvalue weighted by Gasteiger charge is 2.35. The third-order valence-corrected chi connectivity index (χ3v) is 5.75. The molecule has 0 spiro atoms. The summed E-state index contributed by atoms with van der Waals surface area (Å²) in [4.78, 5) is 52.7. The molecular formula is C23H36N8O4. The number of primary amides is 1. The molecule has 1 heterocycles. The number of benzene rings is 1. The molecule has 0 aromatic heterocycles. The maximum absolute atomic E-state index is 13.7. The van der Waals surface area contributed by atoms with Gasteiger partial charge in [0.25, 0.3) is 0 Å². The van der Waals surface area contributed by atoms with Crippen LogP contribution in [-0.4, -0.2) is 71.9 Å². The van der Waals surface area contributed by atoms with Gasteiger partial charge in [-0.15, -0.1) is 0 Å². The van der Waals surface area contributed by atoms with Gasteiger partial charge in [0.2, 0.25) is 17.7 Å². The van der Waals surface area contributed by atoms with Crippen LogP contribution in [0.4, 0.5) is 4.79 Å². The first-order valence-corrected chi connectivity index (χ1v) is 11.7. The summed E-state index contributed by atoms with van der Waals surface area (Å²) in [7, 11) is 0. The molecule has 0 radical (unpaired) electrons. The van der Waals surface area contributed by atoms with Crippen molar-refractivity contribution in [2.24, 2.45) is 11.5 Å². The zero-order chi connectivity index (χ0) is 26.0. The monoisotopic (exact) mass is 488 g/mol. The number of rotatable bonds is 9. The molecule has 2 rings (SSSR count). The zero-order valence-corrected chi connectivity index (χ0v) is 20.2. The number of nitrogens with one attached hydrogen (secondary N) is 5. The SMILES string of the molecule is CCCC1NC(=O)NC(C(CC)NC(=N)N)CN(CC(N)=O)C(=O)C(Cc2ccccc2)NC1=O. The molecule has 0 bridgehead atoms. The van der Waals surface area contributed by atoms with E-state index in [4.69, 9.17) is 16.9 Å². The lowest BCUT2D eigenvalue weighted by atomic mass is 10.0. The molecule has 192 valence electrons. The third kappa shape index (κ3) is 8.47. The maximum atomic E-state index is 13.7. The maximum Gasteiger partial charge on any atom is 0.315 e. The van der Waals surface area contributed by atoms with Crippen LogP contribution >= 0.6 is 0 Å². The predicted molar refractivity (Wildman–Crippen MR) is 131 cm³/mol. The van der Waals surface area contributed by atoms with E-state index in [1.807, 2.05) is 44.2 Å². The highest BCUT2D eigenvalue weighted by atomic mass is 16.2. The van der Waals surface area contributed by atoms with E-state index in [1.54, 1.807) is 0 Å². The van der Waals surface area contributed by atoms with Crippen LogP contribution in [0.25, 0.3) is 0 Å². The molecule has 12 heteroatoms. The number of guanidine groups is 1. The molecule has 0 aliphatic carbocycles. The van der Waals surface area contributed by atoms with Crippen molar-refractivity contribution in [3.63, 3.8) is 0 Å². The molecule has 1 saturated heterocycles. The Labute approximate surface area is 205 Å². The number of urea groups is 1. The Morgan fingerprint density at radius 1 is 1.11 bits per heavy atom. The van der Waals surface area contributed by atoms with Crippen molar-refractivity contribution in [3.05, 3.63) is 35.9 Å². The lowest BCUT2D eigenvalue weighted by Gasteiger charge is -2.34. The lowest BCUT2D eigenvalue weighted by molar-refractivity contribution is -0.139. The molecule has 12 nitrogen and oxygen atoms in total. The Kier molecular flexibility index (Phi) is 10.3. The van der Waals surface area contributed by atoms with Gasteiger partial charge in [-0.3, -0.25) is 19.8 Å². The van der Waals surface area contributed by atoms with Crippen molar-refractivity contribution in [2.75, 3.05) is 13.1 Å². The van der Waals surface area contributed by atoms with Gasteiger partial charge in [-0.05, 0) is 18.4 Å². The Bertz CT molecular complexity index is 910. The summed E-state index contributed by atoms with van der Waals surface area (Å²) in [5.74, 6) is -2.04. The Balaban J connectivity index is 2.50. The van der Waals surface area contributed by atoms with Crippen molar-refractivity contribution in [1.29, 1.82) is 5.41 Å². The molecule has 4 unspecified atom stereocenters. The number of nitrogens with two attached hydrogens (primary N) is 2. The lowest BCUT2D eigenvalue weighted by Crippen LogP contribution is -2.60. The average Bonchev–Trinajstić information content (AvgIpc) is 2.81. The fourth-order valence-electron chi connectivity index (χ4n) is 4.09. The summed E-state index contributed by atoms with van der Waals surface area (Å²) in [6.07, 6.45) is 1.63. The largest absolute Gasteiger partial charge is 0.370 e. The zero-order valence-electron chi connectivity index (χ0n) is 20.2. The van der Waals surface area contributed by atoms with Crippen molar-refractivity contribution < 1.29 is 19.2 Å². The van der Waals surface area contributed by atoms with E-state index in [-0.39, 0.29) is 18.9 Å². The minimum Gasteiger partial charge on any atom is -0.370 e. The molecule has 9 N–H and O–H groups in total. The molecular weight excluding hydrogens is 452 g/mol. The van der Waals surface area contributed by atoms with Crippen molar-refractivity contribution in [3.8, 4) is 0 Å². The van der Waals surface area contributed by atoms with Gasteiger partial charge in [-0.2, -0.15) is 0 Å². The van der Waals surface area contributed by atoms with E-state index >= 15 is 0 Å². The molecule has 35 heavy (non-hydrogen) atoms. The molecule has 1 aliphatic heterocycles. The first-order valence-electron chi connectivity index (χ1n) is 11.7. The van der Waals surface area contributed by atoms with Gasteiger partial charge < -0.3 is 37.6 Å². The molecule has 5 amide bonds. The van der Waals surface area contributed by atoms with Gasteiger partial charge in [0.05, 0.1) is 18.6 Å². The van der Waals surface area contributed by atoms with Crippen molar-refractivity contribution >= 4 is 29.7 Å². The van der Waals surface area contributed by atoms with Gasteiger partial charge in [0, 0.05) is 13.0 Å². The van der Waals surface area contributed by atoms with Crippen LogP contribution < -0.4 is 32.7 Å². The normalized spacial score (nSPS) is 22.2. The van der Waals surface area contributed by atoms with Gasteiger partial charge >= 0.3 is 6.03 Å². The van der Waals surface area contributed by atoms with Crippen LogP contribution in [0.3, 0.4) is 0 Å². The number of nitrogens with zero attached hydrogens (tertiary/aromatic N) is 1. The van der Waals surface area contributed by atoms with Gasteiger partial charge in [0.15, 0.2) is 5.96 Å². The molecule has 1 fully saturated rings. The van der Waals surface area contributed by atoms with Crippen molar-refractivity contribution in [2.45, 2.75) is 63.7 Å². The second-order valence-corrected chi connectivity index (χ2v) is 8.57. The second kappa shape index (κ2) is 13.2. The topological polar surface area (TPSA) is 196 Å². The predicted octanol–water partition coefficient (Wildman–Crippen LogP) is -0.860. The Morgan fingerprint density at radius 2 is 1.80 bits per heavy atom. The fraction of sp³-hybridized carbons (Fsp3) is 0.522. The standard InChI is InChI=1S/C23H36N8O4/c1-3-8-16-20(33)27-17(11-14-9-6-5-7-10-14)21(34)31(13-19(24)32)12-18(30-23(35)29-16)15(4-2)28-22(25)26/h5-7,9-10,15-18H,3-4,8,11-13H2,1-2H3,(H2,24,32)(H,27,33)(H4,25,26,28)(H2,29,30,35). The summed E-state index contributed by atoms with van der Waals surface area (Å²) in [5, 5.41) is 18.6. The van der Waals surface area contributed by atoms with E-state index in [9.17, 15) is 19.2 Å². The van der Waals surface area contributed by atoms with Crippen LogP contribution in [0.2, 0.25) is 0 Å². The number of hydrogen-bond donors (Lipinski definition) is 7.